The molecule has 22 heavy (non-hydrogen) atoms. The minimum absolute atomic E-state index is 0.115. The lowest BCUT2D eigenvalue weighted by Crippen LogP contribution is -2.10. The van der Waals surface area contributed by atoms with Crippen LogP contribution in [0.2, 0.25) is 5.02 Å². The second-order valence-corrected chi connectivity index (χ2v) is 5.95. The molecule has 0 bridgehead atoms. The molecule has 3 nitrogen and oxygen atoms in total. The summed E-state index contributed by atoms with van der Waals surface area (Å²) in [6.07, 6.45) is 0. The van der Waals surface area contributed by atoms with Gasteiger partial charge in [0.05, 0.1) is 16.6 Å². The maximum Gasteiger partial charge on any atom is 0.190 e. The molecule has 0 radical (unpaired) electrons. The van der Waals surface area contributed by atoms with Crippen LogP contribution in [0.4, 0.5) is 0 Å². The van der Waals surface area contributed by atoms with Crippen LogP contribution >= 0.6 is 11.6 Å². The van der Waals surface area contributed by atoms with Gasteiger partial charge in [-0.1, -0.05) is 35.9 Å². The Balaban J connectivity index is 2.33. The monoisotopic (exact) mass is 305 g/mol. The van der Waals surface area contributed by atoms with Crippen molar-refractivity contribution >= 4 is 49.7 Å². The second-order valence-electron chi connectivity index (χ2n) is 5.52. The molecule has 0 saturated carbocycles. The first-order valence-electron chi connectivity index (χ1n) is 6.90. The van der Waals surface area contributed by atoms with Crippen LogP contribution in [0.3, 0.4) is 0 Å². The van der Waals surface area contributed by atoms with Gasteiger partial charge in [0.2, 0.25) is 0 Å². The Kier molecular flexibility index (Phi) is 2.04. The van der Waals surface area contributed by atoms with E-state index in [-0.39, 0.29) is 10.9 Å². The zero-order chi connectivity index (χ0) is 15.0. The van der Waals surface area contributed by atoms with Crippen molar-refractivity contribution in [3.05, 3.63) is 74.0 Å². The summed E-state index contributed by atoms with van der Waals surface area (Å²) in [5, 5.41) is 3.32. The SMILES string of the molecule is O=c1cc2c3ccccc3c3cc(=O)c4cc(Cl)cc1c4n23. The normalized spacial score (nSPS) is 12.2. The average molecular weight is 306 g/mol. The molecule has 2 aromatic carbocycles. The van der Waals surface area contributed by atoms with Gasteiger partial charge in [-0.2, -0.15) is 0 Å². The summed E-state index contributed by atoms with van der Waals surface area (Å²) in [6, 6.07) is 14.3. The first-order valence-corrected chi connectivity index (χ1v) is 7.28. The molecule has 3 aromatic heterocycles. The van der Waals surface area contributed by atoms with Gasteiger partial charge in [-0.3, -0.25) is 9.59 Å². The smallest absolute Gasteiger partial charge is 0.190 e. The molecule has 0 aliphatic heterocycles. The molecule has 0 aliphatic carbocycles. The maximum atomic E-state index is 12.5. The first kappa shape index (κ1) is 12.0. The number of pyridine rings is 2. The van der Waals surface area contributed by atoms with E-state index in [0.29, 0.717) is 21.3 Å². The summed E-state index contributed by atoms with van der Waals surface area (Å²) in [5.74, 6) is 0. The van der Waals surface area contributed by atoms with Gasteiger partial charge < -0.3 is 4.40 Å². The van der Waals surface area contributed by atoms with Gasteiger partial charge in [0.25, 0.3) is 0 Å². The lowest BCUT2D eigenvalue weighted by molar-refractivity contribution is 1.32. The van der Waals surface area contributed by atoms with E-state index in [2.05, 4.69) is 0 Å². The Morgan fingerprint density at radius 3 is 1.73 bits per heavy atom. The Morgan fingerprint density at radius 1 is 0.727 bits per heavy atom. The van der Waals surface area contributed by atoms with Gasteiger partial charge in [0, 0.05) is 38.7 Å². The van der Waals surface area contributed by atoms with Crippen LogP contribution in [0.15, 0.2) is 58.1 Å². The average Bonchev–Trinajstić information content (AvgIpc) is 2.81. The second kappa shape index (κ2) is 3.76. The molecule has 0 aliphatic rings. The summed E-state index contributed by atoms with van der Waals surface area (Å²) >= 11 is 6.08. The lowest BCUT2D eigenvalue weighted by Gasteiger charge is -2.08. The van der Waals surface area contributed by atoms with Crippen molar-refractivity contribution in [2.24, 2.45) is 0 Å². The fourth-order valence-corrected chi connectivity index (χ4v) is 3.66. The number of benzene rings is 2. The molecule has 5 rings (SSSR count). The minimum atomic E-state index is -0.115. The minimum Gasteiger partial charge on any atom is -0.307 e. The van der Waals surface area contributed by atoms with Crippen molar-refractivity contribution in [2.75, 3.05) is 0 Å². The third-order valence-electron chi connectivity index (χ3n) is 4.33. The largest absolute Gasteiger partial charge is 0.307 e. The van der Waals surface area contributed by atoms with Crippen molar-refractivity contribution < 1.29 is 0 Å². The Bertz CT molecular complexity index is 1220. The van der Waals surface area contributed by atoms with Crippen LogP contribution in [-0.4, -0.2) is 4.40 Å². The van der Waals surface area contributed by atoms with E-state index in [1.807, 2.05) is 28.7 Å². The number of hydrogen-bond donors (Lipinski definition) is 0. The zero-order valence-electron chi connectivity index (χ0n) is 11.3. The topological polar surface area (TPSA) is 38.5 Å². The lowest BCUT2D eigenvalue weighted by atomic mass is 10.1. The van der Waals surface area contributed by atoms with Gasteiger partial charge >= 0.3 is 0 Å². The van der Waals surface area contributed by atoms with Gasteiger partial charge in [0.1, 0.15) is 0 Å². The van der Waals surface area contributed by atoms with Crippen LogP contribution in [0.1, 0.15) is 0 Å². The third kappa shape index (κ3) is 1.27. The quantitative estimate of drug-likeness (QED) is 0.438. The molecule has 4 heteroatoms. The maximum absolute atomic E-state index is 12.5. The molecule has 104 valence electrons. The highest BCUT2D eigenvalue weighted by atomic mass is 35.5. The van der Waals surface area contributed by atoms with Gasteiger partial charge in [-0.05, 0) is 12.1 Å². The van der Waals surface area contributed by atoms with E-state index in [1.165, 1.54) is 0 Å². The Morgan fingerprint density at radius 2 is 1.23 bits per heavy atom. The number of aromatic nitrogens is 1. The van der Waals surface area contributed by atoms with Crippen LogP contribution in [0.25, 0.3) is 38.1 Å². The molecule has 3 heterocycles. The van der Waals surface area contributed by atoms with Gasteiger partial charge in [0.15, 0.2) is 10.9 Å². The zero-order valence-corrected chi connectivity index (χ0v) is 12.0. The van der Waals surface area contributed by atoms with Crippen molar-refractivity contribution in [1.29, 1.82) is 0 Å². The van der Waals surface area contributed by atoms with Crippen LogP contribution in [0, 0.1) is 0 Å². The fraction of sp³-hybridized carbons (Fsp3) is 0. The highest BCUT2D eigenvalue weighted by Gasteiger charge is 2.17. The molecule has 0 amide bonds. The number of fused-ring (bicyclic) bond motifs is 3. The summed E-state index contributed by atoms with van der Waals surface area (Å²) in [7, 11) is 0. The molecule has 0 spiro atoms. The summed E-state index contributed by atoms with van der Waals surface area (Å²) in [4.78, 5) is 25.0. The van der Waals surface area contributed by atoms with Crippen molar-refractivity contribution in [2.45, 2.75) is 0 Å². The van der Waals surface area contributed by atoms with E-state index < -0.39 is 0 Å². The third-order valence-corrected chi connectivity index (χ3v) is 4.54. The van der Waals surface area contributed by atoms with Crippen molar-refractivity contribution in [1.82, 2.24) is 4.40 Å². The van der Waals surface area contributed by atoms with E-state index >= 15 is 0 Å². The van der Waals surface area contributed by atoms with Gasteiger partial charge in [-0.15, -0.1) is 0 Å². The van der Waals surface area contributed by atoms with Gasteiger partial charge in [-0.25, -0.2) is 0 Å². The number of hydrogen-bond acceptors (Lipinski definition) is 2. The first-order chi connectivity index (χ1) is 10.6. The Labute approximate surface area is 128 Å². The van der Waals surface area contributed by atoms with Crippen LogP contribution < -0.4 is 10.9 Å². The van der Waals surface area contributed by atoms with E-state index in [1.54, 1.807) is 24.3 Å². The molecular weight excluding hydrogens is 298 g/mol. The number of rotatable bonds is 0. The molecule has 0 N–H and O–H groups in total. The summed E-state index contributed by atoms with van der Waals surface area (Å²) in [5.41, 5.74) is 2.09. The highest BCUT2D eigenvalue weighted by molar-refractivity contribution is 6.32. The summed E-state index contributed by atoms with van der Waals surface area (Å²) < 4.78 is 1.99. The fourth-order valence-electron chi connectivity index (χ4n) is 3.45. The molecular formula is C18H8ClNO2. The highest BCUT2D eigenvalue weighted by Crippen LogP contribution is 2.32. The molecule has 0 unspecified atom stereocenters. The molecule has 0 atom stereocenters. The van der Waals surface area contributed by atoms with Crippen LogP contribution in [0.5, 0.6) is 0 Å². The molecule has 0 saturated heterocycles. The van der Waals surface area contributed by atoms with Crippen molar-refractivity contribution in [3.63, 3.8) is 0 Å². The predicted octanol–water partition coefficient (Wildman–Crippen LogP) is 3.65. The van der Waals surface area contributed by atoms with E-state index in [0.717, 1.165) is 21.8 Å². The van der Waals surface area contributed by atoms with E-state index in [9.17, 15) is 9.59 Å². The van der Waals surface area contributed by atoms with Crippen molar-refractivity contribution in [3.8, 4) is 0 Å². The standard InChI is InChI=1S/C18H8ClNO2/c19-9-5-12-16(21)7-14-10-3-1-2-4-11(10)15-8-17(22)13(6-9)18(12)20(14)15/h1-8H. The predicted molar refractivity (Wildman–Crippen MR) is 89.8 cm³/mol. The molecule has 5 aromatic rings. The number of nitrogens with zero attached hydrogens (tertiary/aromatic N) is 1. The molecule has 0 fully saturated rings. The van der Waals surface area contributed by atoms with Crippen LogP contribution in [-0.2, 0) is 0 Å². The Hall–Kier alpha value is -2.65. The number of halogens is 1. The van der Waals surface area contributed by atoms with E-state index in [4.69, 9.17) is 11.6 Å². The summed E-state index contributed by atoms with van der Waals surface area (Å²) in [6.45, 7) is 0.